The monoisotopic (exact) mass is 575 g/mol. The van der Waals surface area contributed by atoms with Crippen LogP contribution in [0.1, 0.15) is 29.4 Å². The molecule has 0 fully saturated rings. The number of aromatic amines is 1. The van der Waals surface area contributed by atoms with E-state index in [1.807, 2.05) is 18.2 Å². The molecule has 1 aliphatic rings. The average molecular weight is 576 g/mol. The molecule has 4 N–H and O–H groups in total. The highest BCUT2D eigenvalue weighted by Gasteiger charge is 2.22. The van der Waals surface area contributed by atoms with Gasteiger partial charge in [0.2, 0.25) is 11.8 Å². The molecule has 0 saturated carbocycles. The number of carbonyl (C=O) groups excluding carboxylic acids is 3. The topological polar surface area (TPSA) is 169 Å². The van der Waals surface area contributed by atoms with Crippen LogP contribution in [0.3, 0.4) is 0 Å². The summed E-state index contributed by atoms with van der Waals surface area (Å²) in [6.45, 7) is 0.804. The van der Waals surface area contributed by atoms with Crippen molar-refractivity contribution in [2.24, 2.45) is 0 Å². The van der Waals surface area contributed by atoms with Gasteiger partial charge >= 0.3 is 5.97 Å². The number of anilines is 1. The van der Waals surface area contributed by atoms with Crippen molar-refractivity contribution in [1.29, 1.82) is 0 Å². The Balaban J connectivity index is 1.39. The predicted octanol–water partition coefficient (Wildman–Crippen LogP) is 2.22. The second-order valence-electron chi connectivity index (χ2n) is 9.15. The van der Waals surface area contributed by atoms with Gasteiger partial charge in [-0.2, -0.15) is 4.68 Å². The number of esters is 1. The van der Waals surface area contributed by atoms with Gasteiger partial charge in [0.05, 0.1) is 43.6 Å². The molecule has 0 radical (unpaired) electrons. The van der Waals surface area contributed by atoms with Gasteiger partial charge in [-0.25, -0.2) is 4.98 Å². The molecule has 13 nitrogen and oxygen atoms in total. The van der Waals surface area contributed by atoms with Gasteiger partial charge in [0.15, 0.2) is 0 Å². The van der Waals surface area contributed by atoms with Crippen LogP contribution in [0.15, 0.2) is 55.0 Å². The summed E-state index contributed by atoms with van der Waals surface area (Å²) in [5.41, 5.74) is 4.30. The standard InChI is InChI=1S/C27H26ClN9O4/c1-41-26(40)11-16-2-5-19-20(10-16)29-8-9-30-25(39)13-21(27-31-14-22(19)34-27)33-24(38)7-3-17-12-18(28)4-6-23(17)37-15-32-35-36-37/h2-7,10,12,14-15,21,29H,8-9,11,13H2,1H3,(H,30,39)(H,31,34)(H,33,38)/b7-3+/t21-/m0/s1. The van der Waals surface area contributed by atoms with Gasteiger partial charge in [0.25, 0.3) is 0 Å². The molecule has 0 aliphatic carbocycles. The van der Waals surface area contributed by atoms with Crippen molar-refractivity contribution in [2.45, 2.75) is 18.9 Å². The maximum absolute atomic E-state index is 13.0. The fourth-order valence-corrected chi connectivity index (χ4v) is 4.55. The first-order valence-corrected chi connectivity index (χ1v) is 13.0. The summed E-state index contributed by atoms with van der Waals surface area (Å²) >= 11 is 6.17. The lowest BCUT2D eigenvalue weighted by atomic mass is 10.0. The lowest BCUT2D eigenvalue weighted by Crippen LogP contribution is -2.35. The van der Waals surface area contributed by atoms with Crippen LogP contribution in [0.5, 0.6) is 0 Å². The van der Waals surface area contributed by atoms with Gasteiger partial charge in [0, 0.05) is 41.0 Å². The zero-order valence-electron chi connectivity index (χ0n) is 21.9. The first-order chi connectivity index (χ1) is 19.9. The first kappa shape index (κ1) is 27.5. The highest BCUT2D eigenvalue weighted by Crippen LogP contribution is 2.30. The molecule has 0 spiro atoms. The van der Waals surface area contributed by atoms with Gasteiger partial charge in [-0.1, -0.05) is 23.7 Å². The smallest absolute Gasteiger partial charge is 0.309 e. The molecule has 3 heterocycles. The molecule has 1 atom stereocenters. The van der Waals surface area contributed by atoms with Crippen molar-refractivity contribution in [3.8, 4) is 16.9 Å². The number of tetrazole rings is 1. The van der Waals surface area contributed by atoms with E-state index in [0.717, 1.165) is 16.8 Å². The van der Waals surface area contributed by atoms with Crippen molar-refractivity contribution < 1.29 is 19.1 Å². The van der Waals surface area contributed by atoms with Crippen molar-refractivity contribution in [1.82, 2.24) is 40.8 Å². The molecule has 2 amide bonds. The number of amides is 2. The molecule has 5 rings (SSSR count). The summed E-state index contributed by atoms with van der Waals surface area (Å²) in [6, 6.07) is 9.98. The molecule has 210 valence electrons. The maximum Gasteiger partial charge on any atom is 0.309 e. The van der Waals surface area contributed by atoms with Gasteiger partial charge in [-0.05, 0) is 46.3 Å². The van der Waals surface area contributed by atoms with E-state index in [1.54, 1.807) is 30.5 Å². The highest BCUT2D eigenvalue weighted by molar-refractivity contribution is 6.30. The van der Waals surface area contributed by atoms with Crippen molar-refractivity contribution >= 4 is 41.1 Å². The van der Waals surface area contributed by atoms with Crippen molar-refractivity contribution in [2.75, 3.05) is 25.5 Å². The quantitative estimate of drug-likeness (QED) is 0.199. The minimum absolute atomic E-state index is 0.0233. The van der Waals surface area contributed by atoms with Gasteiger partial charge in [-0.3, -0.25) is 14.4 Å². The maximum atomic E-state index is 13.0. The second kappa shape index (κ2) is 12.4. The highest BCUT2D eigenvalue weighted by atomic mass is 35.5. The summed E-state index contributed by atoms with van der Waals surface area (Å²) in [4.78, 5) is 45.2. The van der Waals surface area contributed by atoms with E-state index >= 15 is 0 Å². The summed E-state index contributed by atoms with van der Waals surface area (Å²) in [7, 11) is 1.35. The van der Waals surface area contributed by atoms with Crippen LogP contribution in [-0.4, -0.2) is 68.2 Å². The third-order valence-corrected chi connectivity index (χ3v) is 6.58. The Morgan fingerprint density at radius 1 is 1.20 bits per heavy atom. The number of nitrogens with zero attached hydrogens (tertiary/aromatic N) is 5. The Morgan fingerprint density at radius 2 is 2.05 bits per heavy atom. The summed E-state index contributed by atoms with van der Waals surface area (Å²) in [6.07, 6.45) is 6.13. The number of aromatic nitrogens is 6. The van der Waals surface area contributed by atoms with Crippen LogP contribution in [0, 0.1) is 0 Å². The molecular weight excluding hydrogens is 550 g/mol. The molecule has 1 aliphatic heterocycles. The number of halogens is 1. The zero-order valence-corrected chi connectivity index (χ0v) is 22.7. The minimum atomic E-state index is -0.728. The number of fused-ring (bicyclic) bond motifs is 4. The third-order valence-electron chi connectivity index (χ3n) is 6.34. The number of H-pyrrole nitrogens is 1. The zero-order chi connectivity index (χ0) is 28.8. The van der Waals surface area contributed by atoms with E-state index in [4.69, 9.17) is 16.3 Å². The second-order valence-corrected chi connectivity index (χ2v) is 9.58. The van der Waals surface area contributed by atoms with Gasteiger partial charge < -0.3 is 25.7 Å². The third kappa shape index (κ3) is 6.76. The van der Waals surface area contributed by atoms with E-state index in [9.17, 15) is 14.4 Å². The Bertz CT molecular complexity index is 1600. The van der Waals surface area contributed by atoms with Crippen LogP contribution >= 0.6 is 11.6 Å². The average Bonchev–Trinajstić information content (AvgIpc) is 3.67. The number of hydrogen-bond acceptors (Lipinski definition) is 9. The summed E-state index contributed by atoms with van der Waals surface area (Å²) in [5.74, 6) is -0.622. The fourth-order valence-electron chi connectivity index (χ4n) is 4.37. The van der Waals surface area contributed by atoms with Crippen molar-refractivity contribution in [3.05, 3.63) is 77.0 Å². The predicted molar refractivity (Wildman–Crippen MR) is 150 cm³/mol. The van der Waals surface area contributed by atoms with Crippen LogP contribution in [0.2, 0.25) is 5.02 Å². The fraction of sp³-hybridized carbons (Fsp3) is 0.222. The summed E-state index contributed by atoms with van der Waals surface area (Å²) < 4.78 is 6.24. The number of ether oxygens (including phenoxy) is 1. The van der Waals surface area contributed by atoms with E-state index in [2.05, 4.69) is 41.4 Å². The number of benzene rings is 2. The molecule has 2 aromatic heterocycles. The lowest BCUT2D eigenvalue weighted by Gasteiger charge is -2.18. The van der Waals surface area contributed by atoms with Crippen LogP contribution < -0.4 is 16.0 Å². The van der Waals surface area contributed by atoms with E-state index in [0.29, 0.717) is 40.9 Å². The number of methoxy groups -OCH3 is 1. The Labute approximate surface area is 239 Å². The largest absolute Gasteiger partial charge is 0.469 e. The number of nitrogens with one attached hydrogen (secondary N) is 4. The Hall–Kier alpha value is -5.04. The number of hydrogen-bond donors (Lipinski definition) is 4. The number of carbonyl (C=O) groups is 3. The molecule has 2 aromatic carbocycles. The number of rotatable bonds is 6. The van der Waals surface area contributed by atoms with Gasteiger partial charge in [0.1, 0.15) is 12.2 Å². The van der Waals surface area contributed by atoms with E-state index in [1.165, 1.54) is 24.2 Å². The van der Waals surface area contributed by atoms with Crippen molar-refractivity contribution in [3.63, 3.8) is 0 Å². The van der Waals surface area contributed by atoms with E-state index in [-0.39, 0.29) is 24.7 Å². The lowest BCUT2D eigenvalue weighted by molar-refractivity contribution is -0.139. The molecule has 2 bridgehead atoms. The van der Waals surface area contributed by atoms with Crippen LogP contribution in [0.4, 0.5) is 5.69 Å². The molecule has 4 aromatic rings. The molecule has 0 unspecified atom stereocenters. The van der Waals surface area contributed by atoms with Crippen LogP contribution in [0.25, 0.3) is 23.0 Å². The molecular formula is C27H26ClN9O4. The molecule has 41 heavy (non-hydrogen) atoms. The normalized spacial score (nSPS) is 15.2. The van der Waals surface area contributed by atoms with Gasteiger partial charge in [-0.15, -0.1) is 5.10 Å². The first-order valence-electron chi connectivity index (χ1n) is 12.7. The SMILES string of the molecule is COC(=O)Cc1ccc2c(c1)NCCNC(=O)C[C@H](NC(=O)/C=C/c1cc(Cl)ccc1-n1cnnn1)c1ncc-2[nH]1. The summed E-state index contributed by atoms with van der Waals surface area (Å²) in [5, 5.41) is 20.7. The van der Waals surface area contributed by atoms with Crippen LogP contribution in [-0.2, 0) is 25.5 Å². The molecule has 0 saturated heterocycles. The Kier molecular flexibility index (Phi) is 8.34. The molecule has 14 heteroatoms. The minimum Gasteiger partial charge on any atom is -0.469 e. The Morgan fingerprint density at radius 3 is 2.85 bits per heavy atom. The number of imidazole rings is 1. The van der Waals surface area contributed by atoms with E-state index < -0.39 is 11.9 Å².